The number of carbonyl (C=O) groups excluding carboxylic acids is 1. The van der Waals surface area contributed by atoms with E-state index in [1.165, 1.54) is 5.57 Å². The molecule has 7 nitrogen and oxygen atoms in total. The molecular formula is C23H22BrN5O2. The van der Waals surface area contributed by atoms with Gasteiger partial charge in [-0.2, -0.15) is 0 Å². The molecule has 0 radical (unpaired) electrons. The van der Waals surface area contributed by atoms with E-state index in [9.17, 15) is 4.79 Å². The van der Waals surface area contributed by atoms with E-state index < -0.39 is 0 Å². The van der Waals surface area contributed by atoms with Crippen LogP contribution in [0.25, 0.3) is 6.08 Å². The Morgan fingerprint density at radius 1 is 1.23 bits per heavy atom. The van der Waals surface area contributed by atoms with E-state index in [2.05, 4.69) is 49.2 Å². The van der Waals surface area contributed by atoms with Crippen molar-refractivity contribution in [2.75, 3.05) is 18.4 Å². The lowest BCUT2D eigenvalue weighted by Crippen LogP contribution is -2.42. The van der Waals surface area contributed by atoms with Gasteiger partial charge in [-0.05, 0) is 58.1 Å². The smallest absolute Gasteiger partial charge is 0.321 e. The fraction of sp³-hybridized carbons (Fsp3) is 0.217. The number of anilines is 1. The SMILES string of the molecule is CC1CN(C(=O)Nc2cccnc2)CC/C1=C\c1cccc(Oc2ncc(Br)cn2)c1. The predicted octanol–water partition coefficient (Wildman–Crippen LogP) is 5.38. The molecule has 0 aliphatic carbocycles. The van der Waals surface area contributed by atoms with Crippen LogP contribution in [0, 0.1) is 5.92 Å². The Morgan fingerprint density at radius 2 is 2.06 bits per heavy atom. The Kier molecular flexibility index (Phi) is 6.57. The second-order valence-corrected chi connectivity index (χ2v) is 8.26. The quantitative estimate of drug-likeness (QED) is 0.542. The fourth-order valence-electron chi connectivity index (χ4n) is 3.43. The maximum Gasteiger partial charge on any atom is 0.321 e. The Hall–Kier alpha value is -3.26. The summed E-state index contributed by atoms with van der Waals surface area (Å²) in [6, 6.07) is 11.7. The summed E-state index contributed by atoms with van der Waals surface area (Å²) in [7, 11) is 0. The van der Waals surface area contributed by atoms with Crippen molar-refractivity contribution >= 4 is 33.7 Å². The van der Waals surface area contributed by atoms with E-state index >= 15 is 0 Å². The summed E-state index contributed by atoms with van der Waals surface area (Å²) in [5.74, 6) is 0.936. The van der Waals surface area contributed by atoms with Gasteiger partial charge in [0.25, 0.3) is 0 Å². The van der Waals surface area contributed by atoms with Gasteiger partial charge < -0.3 is 15.0 Å². The van der Waals surface area contributed by atoms with Gasteiger partial charge in [0.05, 0.1) is 16.4 Å². The van der Waals surface area contributed by atoms with E-state index in [1.807, 2.05) is 35.2 Å². The number of rotatable bonds is 4. The summed E-state index contributed by atoms with van der Waals surface area (Å²) in [6.45, 7) is 3.48. The number of pyridine rings is 1. The van der Waals surface area contributed by atoms with E-state index in [1.54, 1.807) is 30.9 Å². The zero-order valence-corrected chi connectivity index (χ0v) is 18.6. The molecule has 1 unspecified atom stereocenters. The molecule has 1 fully saturated rings. The van der Waals surface area contributed by atoms with Crippen LogP contribution in [0.1, 0.15) is 18.9 Å². The van der Waals surface area contributed by atoms with Crippen molar-refractivity contribution in [3.8, 4) is 11.8 Å². The molecular weight excluding hydrogens is 458 g/mol. The zero-order chi connectivity index (χ0) is 21.6. The first-order chi connectivity index (χ1) is 15.1. The van der Waals surface area contributed by atoms with Crippen LogP contribution in [0.5, 0.6) is 11.8 Å². The maximum atomic E-state index is 12.6. The van der Waals surface area contributed by atoms with Gasteiger partial charge in [-0.3, -0.25) is 4.98 Å². The van der Waals surface area contributed by atoms with Crippen LogP contribution in [0.2, 0.25) is 0 Å². The monoisotopic (exact) mass is 479 g/mol. The first-order valence-electron chi connectivity index (χ1n) is 9.99. The van der Waals surface area contributed by atoms with Gasteiger partial charge in [0.2, 0.25) is 0 Å². The summed E-state index contributed by atoms with van der Waals surface area (Å²) in [6.07, 6.45) is 9.62. The fourth-order valence-corrected chi connectivity index (χ4v) is 3.63. The van der Waals surface area contributed by atoms with Crippen molar-refractivity contribution in [1.29, 1.82) is 0 Å². The van der Waals surface area contributed by atoms with Crippen molar-refractivity contribution in [2.24, 2.45) is 5.92 Å². The van der Waals surface area contributed by atoms with Crippen LogP contribution >= 0.6 is 15.9 Å². The van der Waals surface area contributed by atoms with Crippen molar-refractivity contribution in [1.82, 2.24) is 19.9 Å². The molecule has 4 rings (SSSR count). The molecule has 1 aliphatic heterocycles. The molecule has 3 aromatic rings. The summed E-state index contributed by atoms with van der Waals surface area (Å²) in [5, 5.41) is 2.90. The molecule has 1 N–H and O–H groups in total. The van der Waals surface area contributed by atoms with Crippen molar-refractivity contribution in [3.05, 3.63) is 76.8 Å². The number of carbonyl (C=O) groups is 1. The topological polar surface area (TPSA) is 80.2 Å². The Labute approximate surface area is 189 Å². The summed E-state index contributed by atoms with van der Waals surface area (Å²) < 4.78 is 6.56. The van der Waals surface area contributed by atoms with Crippen molar-refractivity contribution in [3.63, 3.8) is 0 Å². The lowest BCUT2D eigenvalue weighted by Gasteiger charge is -2.33. The van der Waals surface area contributed by atoms with E-state index in [-0.39, 0.29) is 11.9 Å². The van der Waals surface area contributed by atoms with E-state index in [4.69, 9.17) is 4.74 Å². The number of amides is 2. The van der Waals surface area contributed by atoms with E-state index in [0.717, 1.165) is 16.5 Å². The standard InChI is InChI=1S/C23H22BrN5O2/c1-16-15-29(23(30)28-20-5-3-8-25-14-20)9-7-18(16)10-17-4-2-6-21(11-17)31-22-26-12-19(24)13-27-22/h2-6,8,10-14,16H,7,9,15H2,1H3,(H,28,30)/b18-10+. The molecule has 2 amide bonds. The number of nitrogens with one attached hydrogen (secondary N) is 1. The van der Waals surface area contributed by atoms with E-state index in [0.29, 0.717) is 30.5 Å². The maximum absolute atomic E-state index is 12.6. The zero-order valence-electron chi connectivity index (χ0n) is 17.0. The Balaban J connectivity index is 1.39. The molecule has 1 saturated heterocycles. The van der Waals surface area contributed by atoms with Crippen LogP contribution < -0.4 is 10.1 Å². The van der Waals surface area contributed by atoms with Crippen LogP contribution in [0.3, 0.4) is 0 Å². The average molecular weight is 480 g/mol. The third-order valence-corrected chi connectivity index (χ3v) is 5.42. The number of piperidine rings is 1. The average Bonchev–Trinajstić information content (AvgIpc) is 2.78. The number of nitrogens with zero attached hydrogens (tertiary/aromatic N) is 4. The molecule has 8 heteroatoms. The number of hydrogen-bond acceptors (Lipinski definition) is 5. The highest BCUT2D eigenvalue weighted by molar-refractivity contribution is 9.10. The number of hydrogen-bond donors (Lipinski definition) is 1. The third kappa shape index (κ3) is 5.67. The number of likely N-dealkylation sites (tertiary alicyclic amines) is 1. The summed E-state index contributed by atoms with van der Waals surface area (Å²) in [5.41, 5.74) is 3.06. The minimum Gasteiger partial charge on any atom is -0.424 e. The second kappa shape index (κ2) is 9.70. The van der Waals surface area contributed by atoms with Gasteiger partial charge in [-0.1, -0.05) is 30.7 Å². The first kappa shape index (κ1) is 21.0. The van der Waals surface area contributed by atoms with Crippen LogP contribution in [0.4, 0.5) is 10.5 Å². The van der Waals surface area contributed by atoms with Gasteiger partial charge in [0, 0.05) is 31.7 Å². The molecule has 2 aromatic heterocycles. The van der Waals surface area contributed by atoms with Crippen molar-refractivity contribution < 1.29 is 9.53 Å². The summed E-state index contributed by atoms with van der Waals surface area (Å²) >= 11 is 3.31. The van der Waals surface area contributed by atoms with Crippen LogP contribution in [-0.4, -0.2) is 39.0 Å². The van der Waals surface area contributed by atoms with Crippen molar-refractivity contribution in [2.45, 2.75) is 13.3 Å². The van der Waals surface area contributed by atoms with Crippen LogP contribution in [-0.2, 0) is 0 Å². The second-order valence-electron chi connectivity index (χ2n) is 7.35. The normalized spacial score (nSPS) is 17.4. The van der Waals surface area contributed by atoms with Gasteiger partial charge in [-0.15, -0.1) is 0 Å². The van der Waals surface area contributed by atoms with Gasteiger partial charge in [0.15, 0.2) is 0 Å². The highest BCUT2D eigenvalue weighted by Gasteiger charge is 2.24. The minimum atomic E-state index is -0.0937. The molecule has 1 aromatic carbocycles. The largest absolute Gasteiger partial charge is 0.424 e. The van der Waals surface area contributed by atoms with Gasteiger partial charge in [0.1, 0.15) is 5.75 Å². The highest BCUT2D eigenvalue weighted by Crippen LogP contribution is 2.27. The summed E-state index contributed by atoms with van der Waals surface area (Å²) in [4.78, 5) is 26.7. The minimum absolute atomic E-state index is 0.0937. The van der Waals surface area contributed by atoms with Gasteiger partial charge in [-0.25, -0.2) is 14.8 Å². The molecule has 1 atom stereocenters. The lowest BCUT2D eigenvalue weighted by molar-refractivity contribution is 0.198. The lowest BCUT2D eigenvalue weighted by atomic mass is 9.91. The number of urea groups is 1. The third-order valence-electron chi connectivity index (χ3n) is 5.01. The number of aromatic nitrogens is 3. The first-order valence-corrected chi connectivity index (χ1v) is 10.8. The van der Waals surface area contributed by atoms with Crippen LogP contribution in [0.15, 0.2) is 71.2 Å². The van der Waals surface area contributed by atoms with Gasteiger partial charge >= 0.3 is 12.0 Å². The number of halogens is 1. The molecule has 1 aliphatic rings. The molecule has 31 heavy (non-hydrogen) atoms. The number of benzene rings is 1. The molecule has 3 heterocycles. The Bertz CT molecular complexity index is 1070. The molecule has 0 saturated carbocycles. The molecule has 0 bridgehead atoms. The molecule has 158 valence electrons. The molecule has 0 spiro atoms. The number of ether oxygens (including phenoxy) is 1. The predicted molar refractivity (Wildman–Crippen MR) is 123 cm³/mol. The Morgan fingerprint density at radius 3 is 2.81 bits per heavy atom. The highest BCUT2D eigenvalue weighted by atomic mass is 79.9.